The standard InChI is InChI=1S/C17H25F2N3O/c1-2-21-9-11-22(12-10-21)8-4-3-7-20-17(23)14-5-6-15(18)16(19)13-14/h5-6,13H,2-4,7-12H2,1H3,(H,20,23). The molecule has 23 heavy (non-hydrogen) atoms. The third-order valence-electron chi connectivity index (χ3n) is 4.28. The van der Waals surface area contributed by atoms with Crippen LogP contribution < -0.4 is 5.32 Å². The van der Waals surface area contributed by atoms with Crippen molar-refractivity contribution in [1.29, 1.82) is 0 Å². The van der Waals surface area contributed by atoms with Gasteiger partial charge in [-0.15, -0.1) is 0 Å². The molecule has 0 saturated carbocycles. The Hall–Kier alpha value is -1.53. The molecule has 1 amide bonds. The lowest BCUT2D eigenvalue weighted by molar-refractivity contribution is 0.0951. The van der Waals surface area contributed by atoms with Crippen LogP contribution in [0.3, 0.4) is 0 Å². The molecule has 0 unspecified atom stereocenters. The van der Waals surface area contributed by atoms with Crippen LogP contribution in [0, 0.1) is 11.6 Å². The molecule has 1 aromatic carbocycles. The van der Waals surface area contributed by atoms with Crippen molar-refractivity contribution in [3.05, 3.63) is 35.4 Å². The first-order chi connectivity index (χ1) is 11.1. The Morgan fingerprint density at radius 3 is 2.43 bits per heavy atom. The Kier molecular flexibility index (Phi) is 6.92. The number of halogens is 2. The zero-order chi connectivity index (χ0) is 16.7. The lowest BCUT2D eigenvalue weighted by Gasteiger charge is -2.33. The Morgan fingerprint density at radius 2 is 1.78 bits per heavy atom. The first-order valence-corrected chi connectivity index (χ1v) is 8.28. The van der Waals surface area contributed by atoms with Crippen molar-refractivity contribution in [2.75, 3.05) is 45.8 Å². The van der Waals surface area contributed by atoms with Crippen LogP contribution in [-0.4, -0.2) is 61.5 Å². The van der Waals surface area contributed by atoms with E-state index in [2.05, 4.69) is 22.0 Å². The fourth-order valence-corrected chi connectivity index (χ4v) is 2.73. The topological polar surface area (TPSA) is 35.6 Å². The van der Waals surface area contributed by atoms with Crippen LogP contribution in [0.25, 0.3) is 0 Å². The van der Waals surface area contributed by atoms with Crippen molar-refractivity contribution in [2.45, 2.75) is 19.8 Å². The maximum Gasteiger partial charge on any atom is 0.251 e. The fraction of sp³-hybridized carbons (Fsp3) is 0.588. The molecule has 6 heteroatoms. The van der Waals surface area contributed by atoms with E-state index in [9.17, 15) is 13.6 Å². The predicted octanol–water partition coefficient (Wildman–Crippen LogP) is 2.11. The first kappa shape index (κ1) is 17.8. The van der Waals surface area contributed by atoms with Gasteiger partial charge in [0, 0.05) is 38.3 Å². The van der Waals surface area contributed by atoms with Crippen molar-refractivity contribution in [3.8, 4) is 0 Å². The van der Waals surface area contributed by atoms with Gasteiger partial charge in [0.05, 0.1) is 0 Å². The molecular weight excluding hydrogens is 300 g/mol. The van der Waals surface area contributed by atoms with Crippen molar-refractivity contribution >= 4 is 5.91 Å². The number of likely N-dealkylation sites (N-methyl/N-ethyl adjacent to an activating group) is 1. The number of nitrogens with zero attached hydrogens (tertiary/aromatic N) is 2. The van der Waals surface area contributed by atoms with Crippen LogP contribution >= 0.6 is 0 Å². The lowest BCUT2D eigenvalue weighted by Crippen LogP contribution is -2.46. The van der Waals surface area contributed by atoms with Gasteiger partial charge < -0.3 is 15.1 Å². The van der Waals surface area contributed by atoms with Crippen LogP contribution in [0.15, 0.2) is 18.2 Å². The number of unbranched alkanes of at least 4 members (excludes halogenated alkanes) is 1. The number of benzene rings is 1. The zero-order valence-electron chi connectivity index (χ0n) is 13.7. The SMILES string of the molecule is CCN1CCN(CCCCNC(=O)c2ccc(F)c(F)c2)CC1. The minimum atomic E-state index is -0.996. The van der Waals surface area contributed by atoms with Crippen molar-refractivity contribution in [2.24, 2.45) is 0 Å². The molecule has 1 heterocycles. The molecule has 128 valence electrons. The lowest BCUT2D eigenvalue weighted by atomic mass is 10.2. The molecule has 0 atom stereocenters. The summed E-state index contributed by atoms with van der Waals surface area (Å²) in [7, 11) is 0. The highest BCUT2D eigenvalue weighted by molar-refractivity contribution is 5.94. The summed E-state index contributed by atoms with van der Waals surface area (Å²) in [5, 5.41) is 2.74. The quantitative estimate of drug-likeness (QED) is 0.780. The molecule has 0 aromatic heterocycles. The number of carbonyl (C=O) groups excluding carboxylic acids is 1. The number of hydrogen-bond acceptors (Lipinski definition) is 3. The van der Waals surface area contributed by atoms with Crippen LogP contribution in [0.4, 0.5) is 8.78 Å². The molecule has 0 spiro atoms. The molecule has 0 aliphatic carbocycles. The highest BCUT2D eigenvalue weighted by Gasteiger charge is 2.14. The summed E-state index contributed by atoms with van der Waals surface area (Å²) in [6, 6.07) is 3.19. The number of rotatable bonds is 7. The molecule has 1 N–H and O–H groups in total. The van der Waals surface area contributed by atoms with Gasteiger partial charge in [-0.3, -0.25) is 4.79 Å². The van der Waals surface area contributed by atoms with Crippen LogP contribution in [-0.2, 0) is 0 Å². The number of amides is 1. The Bertz CT molecular complexity index is 517. The summed E-state index contributed by atoms with van der Waals surface area (Å²) in [6.45, 7) is 9.36. The number of piperazine rings is 1. The average molecular weight is 325 g/mol. The normalized spacial score (nSPS) is 16.5. The van der Waals surface area contributed by atoms with E-state index >= 15 is 0 Å². The van der Waals surface area contributed by atoms with E-state index in [0.29, 0.717) is 6.54 Å². The van der Waals surface area contributed by atoms with Crippen LogP contribution in [0.1, 0.15) is 30.1 Å². The van der Waals surface area contributed by atoms with Crippen molar-refractivity contribution < 1.29 is 13.6 Å². The number of hydrogen-bond donors (Lipinski definition) is 1. The van der Waals surface area contributed by atoms with E-state index in [0.717, 1.165) is 64.2 Å². The molecule has 2 rings (SSSR count). The monoisotopic (exact) mass is 325 g/mol. The zero-order valence-corrected chi connectivity index (χ0v) is 13.7. The Balaban J connectivity index is 1.60. The Morgan fingerprint density at radius 1 is 1.09 bits per heavy atom. The summed E-state index contributed by atoms with van der Waals surface area (Å²) in [4.78, 5) is 16.7. The highest BCUT2D eigenvalue weighted by Crippen LogP contribution is 2.08. The number of nitrogens with one attached hydrogen (secondary N) is 1. The van der Waals surface area contributed by atoms with Gasteiger partial charge in [-0.2, -0.15) is 0 Å². The van der Waals surface area contributed by atoms with Crippen LogP contribution in [0.2, 0.25) is 0 Å². The van der Waals surface area contributed by atoms with Crippen LogP contribution in [0.5, 0.6) is 0 Å². The second-order valence-corrected chi connectivity index (χ2v) is 5.87. The molecule has 1 saturated heterocycles. The van der Waals surface area contributed by atoms with E-state index in [1.54, 1.807) is 0 Å². The molecule has 1 aliphatic heterocycles. The largest absolute Gasteiger partial charge is 0.352 e. The van der Waals surface area contributed by atoms with E-state index in [4.69, 9.17) is 0 Å². The molecule has 0 radical (unpaired) electrons. The number of carbonyl (C=O) groups is 1. The summed E-state index contributed by atoms with van der Waals surface area (Å²) in [6.07, 6.45) is 1.90. The molecular formula is C17H25F2N3O. The third-order valence-corrected chi connectivity index (χ3v) is 4.28. The van der Waals surface area contributed by atoms with Gasteiger partial charge in [-0.25, -0.2) is 8.78 Å². The predicted molar refractivity (Wildman–Crippen MR) is 86.5 cm³/mol. The minimum Gasteiger partial charge on any atom is -0.352 e. The molecule has 4 nitrogen and oxygen atoms in total. The fourth-order valence-electron chi connectivity index (χ4n) is 2.73. The second-order valence-electron chi connectivity index (χ2n) is 5.87. The molecule has 1 aliphatic rings. The van der Waals surface area contributed by atoms with E-state index < -0.39 is 11.6 Å². The van der Waals surface area contributed by atoms with Crippen molar-refractivity contribution in [3.63, 3.8) is 0 Å². The maximum atomic E-state index is 13.1. The highest BCUT2D eigenvalue weighted by atomic mass is 19.2. The van der Waals surface area contributed by atoms with Crippen molar-refractivity contribution in [1.82, 2.24) is 15.1 Å². The van der Waals surface area contributed by atoms with Gasteiger partial charge in [-0.1, -0.05) is 6.92 Å². The van der Waals surface area contributed by atoms with Gasteiger partial charge in [0.25, 0.3) is 5.91 Å². The second kappa shape index (κ2) is 8.93. The minimum absolute atomic E-state index is 0.152. The van der Waals surface area contributed by atoms with E-state index in [1.165, 1.54) is 6.07 Å². The average Bonchev–Trinajstić information content (AvgIpc) is 2.57. The smallest absolute Gasteiger partial charge is 0.251 e. The molecule has 1 aromatic rings. The van der Waals surface area contributed by atoms with Gasteiger partial charge in [0.1, 0.15) is 0 Å². The van der Waals surface area contributed by atoms with E-state index in [-0.39, 0.29) is 11.5 Å². The summed E-state index contributed by atoms with van der Waals surface area (Å²) in [5.74, 6) is -2.30. The van der Waals surface area contributed by atoms with Gasteiger partial charge in [0.15, 0.2) is 11.6 Å². The molecule has 0 bridgehead atoms. The Labute approximate surface area is 136 Å². The van der Waals surface area contributed by atoms with Gasteiger partial charge in [0.2, 0.25) is 0 Å². The third kappa shape index (κ3) is 5.55. The van der Waals surface area contributed by atoms with Gasteiger partial charge >= 0.3 is 0 Å². The molecule has 1 fully saturated rings. The maximum absolute atomic E-state index is 13.1. The van der Waals surface area contributed by atoms with Gasteiger partial charge in [-0.05, 0) is 44.1 Å². The summed E-state index contributed by atoms with van der Waals surface area (Å²) in [5.41, 5.74) is 0.152. The summed E-state index contributed by atoms with van der Waals surface area (Å²) < 4.78 is 25.9. The summed E-state index contributed by atoms with van der Waals surface area (Å²) >= 11 is 0. The van der Waals surface area contributed by atoms with E-state index in [1.807, 2.05) is 0 Å². The first-order valence-electron chi connectivity index (χ1n) is 8.28.